The first kappa shape index (κ1) is 30.4. The van der Waals surface area contributed by atoms with Crippen molar-refractivity contribution in [2.75, 3.05) is 31.5 Å². The summed E-state index contributed by atoms with van der Waals surface area (Å²) in [5, 5.41) is 18.2. The number of benzene rings is 1. The molecule has 1 aromatic carbocycles. The first-order valence-electron chi connectivity index (χ1n) is 14.2. The number of sulfonamides is 1. The predicted octanol–water partition coefficient (Wildman–Crippen LogP) is 2.25. The highest BCUT2D eigenvalue weighted by Crippen LogP contribution is 2.26. The van der Waals surface area contributed by atoms with E-state index in [1.165, 1.54) is 15.9 Å². The van der Waals surface area contributed by atoms with E-state index in [0.29, 0.717) is 19.4 Å². The Morgan fingerprint density at radius 1 is 1.15 bits per heavy atom. The molecule has 0 radical (unpaired) electrons. The molecule has 4 rings (SSSR count). The number of unbranched alkanes of at least 4 members (excludes halogenated alkanes) is 1. The zero-order chi connectivity index (χ0) is 29.4. The van der Waals surface area contributed by atoms with Gasteiger partial charge in [0.25, 0.3) is 0 Å². The van der Waals surface area contributed by atoms with E-state index >= 15 is 0 Å². The van der Waals surface area contributed by atoms with E-state index in [0.717, 1.165) is 55.7 Å². The minimum absolute atomic E-state index is 0.00390. The van der Waals surface area contributed by atoms with Crippen LogP contribution in [0.3, 0.4) is 0 Å². The van der Waals surface area contributed by atoms with Gasteiger partial charge in [-0.2, -0.15) is 4.31 Å². The Labute approximate surface area is 241 Å². The van der Waals surface area contributed by atoms with Crippen molar-refractivity contribution in [3.05, 3.63) is 53.2 Å². The Balaban J connectivity index is 1.10. The van der Waals surface area contributed by atoms with E-state index < -0.39 is 33.9 Å². The van der Waals surface area contributed by atoms with Gasteiger partial charge in [-0.3, -0.25) is 9.59 Å². The maximum atomic E-state index is 12.8. The third-order valence-corrected chi connectivity index (χ3v) is 9.32. The van der Waals surface area contributed by atoms with E-state index in [9.17, 15) is 27.9 Å². The van der Waals surface area contributed by atoms with Crippen molar-refractivity contribution >= 4 is 33.6 Å². The van der Waals surface area contributed by atoms with Crippen LogP contribution in [0.25, 0.3) is 0 Å². The molecule has 0 bridgehead atoms. The van der Waals surface area contributed by atoms with Crippen LogP contribution >= 0.6 is 0 Å². The number of hydrogen-bond acceptors (Lipinski definition) is 7. The molecule has 2 aliphatic heterocycles. The van der Waals surface area contributed by atoms with E-state index in [4.69, 9.17) is 0 Å². The van der Waals surface area contributed by atoms with Gasteiger partial charge in [0.2, 0.25) is 21.8 Å². The number of carboxylic acid groups (broad SMARTS) is 1. The van der Waals surface area contributed by atoms with Crippen LogP contribution in [-0.4, -0.2) is 72.8 Å². The van der Waals surface area contributed by atoms with Crippen molar-refractivity contribution in [1.82, 2.24) is 19.9 Å². The topological polar surface area (TPSA) is 158 Å². The molecule has 1 atom stereocenters. The van der Waals surface area contributed by atoms with Crippen LogP contribution < -0.4 is 16.0 Å². The molecule has 3 heterocycles. The normalized spacial score (nSPS) is 16.1. The van der Waals surface area contributed by atoms with E-state index in [1.807, 2.05) is 0 Å². The number of nitrogens with one attached hydrogen (secondary N) is 3. The Kier molecular flexibility index (Phi) is 10.3. The summed E-state index contributed by atoms with van der Waals surface area (Å²) in [6, 6.07) is 9.63. The maximum Gasteiger partial charge on any atom is 0.326 e. The summed E-state index contributed by atoms with van der Waals surface area (Å²) < 4.78 is 26.7. The fourth-order valence-electron chi connectivity index (χ4n) is 4.99. The molecule has 1 aromatic heterocycles. The van der Waals surface area contributed by atoms with Crippen LogP contribution in [0.2, 0.25) is 0 Å². The summed E-state index contributed by atoms with van der Waals surface area (Å²) in [7, 11) is -3.70. The lowest BCUT2D eigenvalue weighted by molar-refractivity contribution is -0.143. The molecule has 2 amide bonds. The fraction of sp³-hybridized carbons (Fsp3) is 0.517. The van der Waals surface area contributed by atoms with Crippen molar-refractivity contribution in [2.24, 2.45) is 5.92 Å². The highest BCUT2D eigenvalue weighted by atomic mass is 32.2. The zero-order valence-electron chi connectivity index (χ0n) is 23.4. The first-order chi connectivity index (χ1) is 19.6. The van der Waals surface area contributed by atoms with Crippen LogP contribution in [0.1, 0.15) is 55.3 Å². The summed E-state index contributed by atoms with van der Waals surface area (Å²) in [5.74, 6) is -1.38. The SMILES string of the molecule is Cc1cccc(S(=O)(=O)N2CC(C(=O)NC(CCCNC(=O)CCCCc3ccc4c(n3)NCCC4)C(=O)O)C2)c1. The maximum absolute atomic E-state index is 12.8. The van der Waals surface area contributed by atoms with Crippen LogP contribution in [0.15, 0.2) is 41.3 Å². The lowest BCUT2D eigenvalue weighted by Crippen LogP contribution is -2.57. The Morgan fingerprint density at radius 2 is 1.95 bits per heavy atom. The molecule has 0 aliphatic carbocycles. The average Bonchev–Trinajstić information content (AvgIpc) is 2.91. The summed E-state index contributed by atoms with van der Waals surface area (Å²) in [6.45, 7) is 3.07. The highest BCUT2D eigenvalue weighted by molar-refractivity contribution is 7.89. The Hall–Kier alpha value is -3.51. The van der Waals surface area contributed by atoms with E-state index in [1.54, 1.807) is 25.1 Å². The Bertz CT molecular complexity index is 1360. The predicted molar refractivity (Wildman–Crippen MR) is 154 cm³/mol. The zero-order valence-corrected chi connectivity index (χ0v) is 24.2. The van der Waals surface area contributed by atoms with Gasteiger partial charge in [-0.15, -0.1) is 0 Å². The van der Waals surface area contributed by atoms with Gasteiger partial charge in [-0.1, -0.05) is 18.2 Å². The number of hydrogen-bond donors (Lipinski definition) is 4. The molecular formula is C29H39N5O6S. The average molecular weight is 586 g/mol. The number of fused-ring (bicyclic) bond motifs is 1. The molecule has 0 spiro atoms. The number of aliphatic carboxylic acids is 1. The lowest BCUT2D eigenvalue weighted by atomic mass is 10.0. The van der Waals surface area contributed by atoms with Crippen LogP contribution in [0.4, 0.5) is 5.82 Å². The molecule has 2 aliphatic rings. The standard InChI is InChI=1S/C29H39N5O6S/c1-20-7-4-10-24(17-20)41(39,40)34-18-22(19-34)28(36)33-25(29(37)38)11-6-15-30-26(35)12-3-2-9-23-14-13-21-8-5-16-31-27(21)32-23/h4,7,10,13-14,17,22,25H,2-3,5-6,8-9,11-12,15-16,18-19H2,1H3,(H,30,35)(H,31,32)(H,33,36)(H,37,38). The first-order valence-corrected chi connectivity index (χ1v) is 15.7. The minimum Gasteiger partial charge on any atom is -0.480 e. The number of pyridine rings is 1. The van der Waals surface area contributed by atoms with Crippen molar-refractivity contribution < 1.29 is 27.9 Å². The third kappa shape index (κ3) is 8.26. The number of amides is 2. The molecule has 12 heteroatoms. The van der Waals surface area contributed by atoms with Gasteiger partial charge >= 0.3 is 5.97 Å². The number of aryl methyl sites for hydroxylation is 3. The van der Waals surface area contributed by atoms with Crippen molar-refractivity contribution in [1.29, 1.82) is 0 Å². The van der Waals surface area contributed by atoms with Crippen LogP contribution in [0.5, 0.6) is 0 Å². The number of carbonyl (C=O) groups is 3. The quantitative estimate of drug-likeness (QED) is 0.246. The molecule has 1 unspecified atom stereocenters. The molecule has 0 saturated carbocycles. The van der Waals surface area contributed by atoms with Gasteiger partial charge in [0.15, 0.2) is 0 Å². The summed E-state index contributed by atoms with van der Waals surface area (Å²) in [6.07, 6.45) is 5.46. The number of nitrogens with zero attached hydrogens (tertiary/aromatic N) is 2. The van der Waals surface area contributed by atoms with Gasteiger partial charge in [-0.05, 0) is 81.2 Å². The smallest absolute Gasteiger partial charge is 0.326 e. The molecule has 41 heavy (non-hydrogen) atoms. The molecule has 1 saturated heterocycles. The molecule has 1 fully saturated rings. The van der Waals surface area contributed by atoms with Crippen LogP contribution in [-0.2, 0) is 37.2 Å². The second-order valence-corrected chi connectivity index (χ2v) is 12.7. The molecule has 2 aromatic rings. The Morgan fingerprint density at radius 3 is 2.71 bits per heavy atom. The van der Waals surface area contributed by atoms with Gasteiger partial charge in [0.05, 0.1) is 10.8 Å². The number of carbonyl (C=O) groups excluding carboxylic acids is 2. The molecule has 4 N–H and O–H groups in total. The van der Waals surface area contributed by atoms with Crippen molar-refractivity contribution in [2.45, 2.75) is 69.2 Å². The van der Waals surface area contributed by atoms with Crippen molar-refractivity contribution in [3.8, 4) is 0 Å². The number of anilines is 1. The fourth-order valence-corrected chi connectivity index (χ4v) is 6.63. The van der Waals surface area contributed by atoms with Gasteiger partial charge in [-0.25, -0.2) is 18.2 Å². The van der Waals surface area contributed by atoms with Gasteiger partial charge in [0.1, 0.15) is 11.9 Å². The summed E-state index contributed by atoms with van der Waals surface area (Å²) in [4.78, 5) is 41.3. The number of aromatic nitrogens is 1. The third-order valence-electron chi connectivity index (χ3n) is 7.49. The monoisotopic (exact) mass is 585 g/mol. The van der Waals surface area contributed by atoms with E-state index in [2.05, 4.69) is 33.1 Å². The van der Waals surface area contributed by atoms with Gasteiger partial charge < -0.3 is 21.1 Å². The summed E-state index contributed by atoms with van der Waals surface area (Å²) in [5.41, 5.74) is 3.09. The number of carboxylic acids is 1. The largest absolute Gasteiger partial charge is 0.480 e. The minimum atomic E-state index is -3.70. The van der Waals surface area contributed by atoms with E-state index in [-0.39, 0.29) is 30.3 Å². The molecular weight excluding hydrogens is 546 g/mol. The van der Waals surface area contributed by atoms with Crippen molar-refractivity contribution in [3.63, 3.8) is 0 Å². The highest BCUT2D eigenvalue weighted by Gasteiger charge is 2.41. The summed E-state index contributed by atoms with van der Waals surface area (Å²) >= 11 is 0. The number of rotatable bonds is 14. The van der Waals surface area contributed by atoms with Gasteiger partial charge in [0, 0.05) is 38.3 Å². The lowest BCUT2D eigenvalue weighted by Gasteiger charge is -2.37. The molecule has 11 nitrogen and oxygen atoms in total. The second-order valence-electron chi connectivity index (χ2n) is 10.8. The second kappa shape index (κ2) is 13.9. The molecule has 222 valence electrons. The van der Waals surface area contributed by atoms with Crippen LogP contribution in [0, 0.1) is 12.8 Å².